The fourth-order valence-electron chi connectivity index (χ4n) is 2.23. The molecule has 3 nitrogen and oxygen atoms in total. The largest absolute Gasteiger partial charge is 0.506 e. The Labute approximate surface area is 132 Å². The van der Waals surface area contributed by atoms with Crippen LogP contribution in [-0.2, 0) is 11.3 Å². The SMILES string of the molecule is O=C(OCc1ccc(Cl)cc1)c1ccc2ccccc2c1O. The lowest BCUT2D eigenvalue weighted by molar-refractivity contribution is 0.0470. The van der Waals surface area contributed by atoms with Crippen molar-refractivity contribution in [3.8, 4) is 5.75 Å². The van der Waals surface area contributed by atoms with Crippen molar-refractivity contribution in [1.82, 2.24) is 0 Å². The summed E-state index contributed by atoms with van der Waals surface area (Å²) in [5.41, 5.74) is 0.991. The monoisotopic (exact) mass is 312 g/mol. The normalized spacial score (nSPS) is 10.6. The summed E-state index contributed by atoms with van der Waals surface area (Å²) < 4.78 is 5.24. The van der Waals surface area contributed by atoms with Gasteiger partial charge in [0.15, 0.2) is 0 Å². The number of phenols is 1. The van der Waals surface area contributed by atoms with Crippen molar-refractivity contribution in [2.24, 2.45) is 0 Å². The summed E-state index contributed by atoms with van der Waals surface area (Å²) in [7, 11) is 0. The first kappa shape index (κ1) is 14.4. The lowest BCUT2D eigenvalue weighted by Gasteiger charge is -2.08. The predicted molar refractivity (Wildman–Crippen MR) is 86.2 cm³/mol. The Hall–Kier alpha value is -2.52. The zero-order chi connectivity index (χ0) is 15.5. The Kier molecular flexibility index (Phi) is 3.98. The van der Waals surface area contributed by atoms with Crippen molar-refractivity contribution < 1.29 is 14.6 Å². The molecule has 0 fully saturated rings. The molecule has 0 aliphatic carbocycles. The highest BCUT2D eigenvalue weighted by Crippen LogP contribution is 2.29. The number of ether oxygens (including phenoxy) is 1. The Morgan fingerprint density at radius 2 is 1.73 bits per heavy atom. The molecule has 110 valence electrons. The molecule has 0 amide bonds. The van der Waals surface area contributed by atoms with Crippen LogP contribution in [0.2, 0.25) is 5.02 Å². The van der Waals surface area contributed by atoms with Gasteiger partial charge in [0.25, 0.3) is 0 Å². The molecule has 0 unspecified atom stereocenters. The molecule has 4 heteroatoms. The minimum atomic E-state index is -0.557. The van der Waals surface area contributed by atoms with Crippen molar-refractivity contribution >= 4 is 28.3 Å². The van der Waals surface area contributed by atoms with Crippen LogP contribution in [0.4, 0.5) is 0 Å². The zero-order valence-electron chi connectivity index (χ0n) is 11.6. The maximum absolute atomic E-state index is 12.1. The van der Waals surface area contributed by atoms with Crippen LogP contribution in [0.25, 0.3) is 10.8 Å². The molecule has 0 radical (unpaired) electrons. The van der Waals surface area contributed by atoms with Crippen LogP contribution in [0.5, 0.6) is 5.75 Å². The highest BCUT2D eigenvalue weighted by molar-refractivity contribution is 6.30. The van der Waals surface area contributed by atoms with E-state index in [1.807, 2.05) is 18.2 Å². The van der Waals surface area contributed by atoms with Gasteiger partial charge in [-0.1, -0.05) is 54.1 Å². The first-order valence-electron chi connectivity index (χ1n) is 6.77. The number of fused-ring (bicyclic) bond motifs is 1. The van der Waals surface area contributed by atoms with Gasteiger partial charge in [0.1, 0.15) is 17.9 Å². The number of aromatic hydroxyl groups is 1. The molecular formula is C18H13ClO3. The van der Waals surface area contributed by atoms with Gasteiger partial charge in [-0.15, -0.1) is 0 Å². The average Bonchev–Trinajstić information content (AvgIpc) is 2.55. The molecular weight excluding hydrogens is 300 g/mol. The smallest absolute Gasteiger partial charge is 0.342 e. The second-order valence-corrected chi connectivity index (χ2v) is 5.32. The Morgan fingerprint density at radius 3 is 2.50 bits per heavy atom. The quantitative estimate of drug-likeness (QED) is 0.721. The summed E-state index contributed by atoms with van der Waals surface area (Å²) >= 11 is 5.81. The van der Waals surface area contributed by atoms with E-state index in [1.165, 1.54) is 0 Å². The van der Waals surface area contributed by atoms with Crippen molar-refractivity contribution in [1.29, 1.82) is 0 Å². The average molecular weight is 313 g/mol. The second kappa shape index (κ2) is 6.08. The van der Waals surface area contributed by atoms with Crippen molar-refractivity contribution in [3.63, 3.8) is 0 Å². The van der Waals surface area contributed by atoms with Gasteiger partial charge >= 0.3 is 5.97 Å². The fraction of sp³-hybridized carbons (Fsp3) is 0.0556. The molecule has 0 saturated heterocycles. The van der Waals surface area contributed by atoms with E-state index in [1.54, 1.807) is 42.5 Å². The summed E-state index contributed by atoms with van der Waals surface area (Å²) in [4.78, 5) is 12.1. The lowest BCUT2D eigenvalue weighted by atomic mass is 10.1. The van der Waals surface area contributed by atoms with E-state index in [4.69, 9.17) is 16.3 Å². The summed E-state index contributed by atoms with van der Waals surface area (Å²) in [5, 5.41) is 12.4. The predicted octanol–water partition coefficient (Wildman–Crippen LogP) is 4.56. The van der Waals surface area contributed by atoms with E-state index < -0.39 is 5.97 Å². The van der Waals surface area contributed by atoms with Gasteiger partial charge in [0, 0.05) is 10.4 Å². The van der Waals surface area contributed by atoms with Gasteiger partial charge < -0.3 is 9.84 Å². The summed E-state index contributed by atoms with van der Waals surface area (Å²) in [5.74, 6) is -0.614. The number of hydrogen-bond acceptors (Lipinski definition) is 3. The fourth-order valence-corrected chi connectivity index (χ4v) is 2.35. The molecule has 1 N–H and O–H groups in total. The molecule has 0 heterocycles. The van der Waals surface area contributed by atoms with E-state index in [2.05, 4.69) is 0 Å². The van der Waals surface area contributed by atoms with E-state index in [0.29, 0.717) is 10.4 Å². The summed E-state index contributed by atoms with van der Waals surface area (Å²) in [6.45, 7) is 0.127. The van der Waals surface area contributed by atoms with E-state index >= 15 is 0 Å². The molecule has 0 aliphatic rings. The molecule has 0 spiro atoms. The van der Waals surface area contributed by atoms with Gasteiger partial charge in [0.2, 0.25) is 0 Å². The van der Waals surface area contributed by atoms with Gasteiger partial charge in [-0.05, 0) is 29.1 Å². The van der Waals surface area contributed by atoms with Crippen LogP contribution >= 0.6 is 11.6 Å². The summed E-state index contributed by atoms with van der Waals surface area (Å²) in [6.07, 6.45) is 0. The third-order valence-corrected chi connectivity index (χ3v) is 3.66. The number of esters is 1. The Balaban J connectivity index is 1.80. The standard InChI is InChI=1S/C18H13ClO3/c19-14-8-5-12(6-9-14)11-22-18(21)16-10-7-13-3-1-2-4-15(13)17(16)20/h1-10,20H,11H2. The number of carbonyl (C=O) groups is 1. The number of hydrogen-bond donors (Lipinski definition) is 1. The lowest BCUT2D eigenvalue weighted by Crippen LogP contribution is -2.05. The van der Waals surface area contributed by atoms with Crippen LogP contribution in [0.1, 0.15) is 15.9 Å². The van der Waals surface area contributed by atoms with Crippen molar-refractivity contribution in [2.75, 3.05) is 0 Å². The molecule has 3 rings (SSSR count). The van der Waals surface area contributed by atoms with E-state index in [0.717, 1.165) is 10.9 Å². The van der Waals surface area contributed by atoms with Crippen molar-refractivity contribution in [2.45, 2.75) is 6.61 Å². The van der Waals surface area contributed by atoms with Crippen LogP contribution < -0.4 is 0 Å². The van der Waals surface area contributed by atoms with Gasteiger partial charge in [-0.25, -0.2) is 4.79 Å². The number of carbonyl (C=O) groups excluding carboxylic acids is 1. The highest BCUT2D eigenvalue weighted by Gasteiger charge is 2.15. The molecule has 0 saturated carbocycles. The number of halogens is 1. The maximum atomic E-state index is 12.1. The Bertz CT molecular complexity index is 825. The molecule has 3 aromatic rings. The van der Waals surface area contributed by atoms with Crippen LogP contribution in [0, 0.1) is 0 Å². The highest BCUT2D eigenvalue weighted by atomic mass is 35.5. The molecule has 0 aliphatic heterocycles. The number of rotatable bonds is 3. The van der Waals surface area contributed by atoms with Crippen LogP contribution in [-0.4, -0.2) is 11.1 Å². The molecule has 22 heavy (non-hydrogen) atoms. The molecule has 0 atom stereocenters. The van der Waals surface area contributed by atoms with Gasteiger partial charge in [-0.3, -0.25) is 0 Å². The second-order valence-electron chi connectivity index (χ2n) is 4.89. The van der Waals surface area contributed by atoms with Gasteiger partial charge in [0.05, 0.1) is 0 Å². The molecule has 0 aromatic heterocycles. The van der Waals surface area contributed by atoms with Crippen molar-refractivity contribution in [3.05, 3.63) is 76.8 Å². The topological polar surface area (TPSA) is 46.5 Å². The van der Waals surface area contributed by atoms with Crippen LogP contribution in [0.3, 0.4) is 0 Å². The van der Waals surface area contributed by atoms with E-state index in [9.17, 15) is 9.90 Å². The van der Waals surface area contributed by atoms with E-state index in [-0.39, 0.29) is 17.9 Å². The first-order valence-corrected chi connectivity index (χ1v) is 7.15. The molecule has 0 bridgehead atoms. The number of benzene rings is 3. The summed E-state index contributed by atoms with van der Waals surface area (Å²) in [6, 6.07) is 17.7. The minimum absolute atomic E-state index is 0.0563. The third-order valence-electron chi connectivity index (χ3n) is 3.40. The first-order chi connectivity index (χ1) is 10.6. The number of phenolic OH excluding ortho intramolecular Hbond substituents is 1. The van der Waals surface area contributed by atoms with Gasteiger partial charge in [-0.2, -0.15) is 0 Å². The minimum Gasteiger partial charge on any atom is -0.506 e. The van der Waals surface area contributed by atoms with Crippen LogP contribution in [0.15, 0.2) is 60.7 Å². The maximum Gasteiger partial charge on any atom is 0.342 e. The zero-order valence-corrected chi connectivity index (χ0v) is 12.4. The molecule has 3 aromatic carbocycles. The third kappa shape index (κ3) is 2.90. The Morgan fingerprint density at radius 1 is 1.00 bits per heavy atom.